The Labute approximate surface area is 135 Å². The molecule has 1 heterocycles. The minimum Gasteiger partial charge on any atom is -0.353 e. The predicted octanol–water partition coefficient (Wildman–Crippen LogP) is 0.227. The Morgan fingerprint density at radius 3 is 2.48 bits per heavy atom. The average Bonchev–Trinajstić information content (AvgIpc) is 2.99. The number of rotatable bonds is 7. The molecule has 1 aromatic carbocycles. The number of carbonyl (C=O) groups excluding carboxylic acids is 2. The van der Waals surface area contributed by atoms with Crippen molar-refractivity contribution in [1.82, 2.24) is 25.7 Å². The predicted molar refractivity (Wildman–Crippen MR) is 86.8 cm³/mol. The molecule has 7 nitrogen and oxygen atoms in total. The van der Waals surface area contributed by atoms with Gasteiger partial charge in [0, 0.05) is 37.5 Å². The first-order chi connectivity index (χ1) is 11.1. The SMILES string of the molecule is CNC(C(=O)NCCNC(=O)c1ccccc1)c1cnn(C)c1. The summed E-state index contributed by atoms with van der Waals surface area (Å²) in [5.41, 5.74) is 1.39. The topological polar surface area (TPSA) is 88.1 Å². The van der Waals surface area contributed by atoms with Crippen molar-refractivity contribution in [3.63, 3.8) is 0 Å². The minimum absolute atomic E-state index is 0.155. The zero-order valence-corrected chi connectivity index (χ0v) is 13.2. The van der Waals surface area contributed by atoms with Crippen molar-refractivity contribution in [3.05, 3.63) is 53.9 Å². The van der Waals surface area contributed by atoms with Gasteiger partial charge in [-0.15, -0.1) is 0 Å². The number of nitrogens with zero attached hydrogens (tertiary/aromatic N) is 2. The molecule has 0 aliphatic heterocycles. The molecule has 2 amide bonds. The summed E-state index contributed by atoms with van der Waals surface area (Å²) in [5.74, 6) is -0.313. The summed E-state index contributed by atoms with van der Waals surface area (Å²) in [6.07, 6.45) is 3.44. The molecule has 7 heteroatoms. The molecule has 0 spiro atoms. The van der Waals surface area contributed by atoms with Crippen LogP contribution in [0.5, 0.6) is 0 Å². The molecule has 0 radical (unpaired) electrons. The normalized spacial score (nSPS) is 11.7. The number of benzene rings is 1. The Morgan fingerprint density at radius 2 is 1.87 bits per heavy atom. The number of likely N-dealkylation sites (N-methyl/N-ethyl adjacent to an activating group) is 1. The average molecular weight is 315 g/mol. The van der Waals surface area contributed by atoms with Gasteiger partial charge in [-0.1, -0.05) is 18.2 Å². The highest BCUT2D eigenvalue weighted by molar-refractivity contribution is 5.94. The third-order valence-corrected chi connectivity index (χ3v) is 3.35. The lowest BCUT2D eigenvalue weighted by Gasteiger charge is -2.14. The maximum Gasteiger partial charge on any atom is 0.251 e. The van der Waals surface area contributed by atoms with Crippen LogP contribution in [0.3, 0.4) is 0 Å². The maximum absolute atomic E-state index is 12.2. The van der Waals surface area contributed by atoms with Crippen molar-refractivity contribution < 1.29 is 9.59 Å². The Morgan fingerprint density at radius 1 is 1.17 bits per heavy atom. The molecule has 0 saturated carbocycles. The van der Waals surface area contributed by atoms with Crippen molar-refractivity contribution in [2.75, 3.05) is 20.1 Å². The lowest BCUT2D eigenvalue weighted by atomic mass is 10.1. The fourth-order valence-corrected chi connectivity index (χ4v) is 2.19. The zero-order chi connectivity index (χ0) is 16.7. The van der Waals surface area contributed by atoms with E-state index >= 15 is 0 Å². The molecule has 0 aliphatic rings. The molecular weight excluding hydrogens is 294 g/mol. The van der Waals surface area contributed by atoms with E-state index < -0.39 is 6.04 Å². The van der Waals surface area contributed by atoms with E-state index in [4.69, 9.17) is 0 Å². The van der Waals surface area contributed by atoms with Crippen LogP contribution < -0.4 is 16.0 Å². The summed E-state index contributed by atoms with van der Waals surface area (Å²) in [4.78, 5) is 24.0. The Kier molecular flexibility index (Phi) is 5.87. The molecule has 23 heavy (non-hydrogen) atoms. The minimum atomic E-state index is -0.464. The summed E-state index contributed by atoms with van der Waals surface area (Å²) < 4.78 is 1.65. The number of aromatic nitrogens is 2. The van der Waals surface area contributed by atoms with Crippen LogP contribution in [0.4, 0.5) is 0 Å². The van der Waals surface area contributed by atoms with Crippen LogP contribution in [0.25, 0.3) is 0 Å². The van der Waals surface area contributed by atoms with Crippen molar-refractivity contribution >= 4 is 11.8 Å². The fourth-order valence-electron chi connectivity index (χ4n) is 2.19. The van der Waals surface area contributed by atoms with E-state index in [-0.39, 0.29) is 11.8 Å². The number of carbonyl (C=O) groups is 2. The molecule has 122 valence electrons. The Balaban J connectivity index is 1.77. The first kappa shape index (κ1) is 16.7. The third-order valence-electron chi connectivity index (χ3n) is 3.35. The van der Waals surface area contributed by atoms with Crippen molar-refractivity contribution in [2.24, 2.45) is 7.05 Å². The molecule has 1 aromatic heterocycles. The van der Waals surface area contributed by atoms with Crippen LogP contribution in [0.2, 0.25) is 0 Å². The van der Waals surface area contributed by atoms with Gasteiger partial charge in [0.05, 0.1) is 6.20 Å². The van der Waals surface area contributed by atoms with Gasteiger partial charge in [-0.2, -0.15) is 5.10 Å². The van der Waals surface area contributed by atoms with Gasteiger partial charge in [0.15, 0.2) is 0 Å². The van der Waals surface area contributed by atoms with E-state index in [0.29, 0.717) is 18.7 Å². The van der Waals surface area contributed by atoms with Gasteiger partial charge in [-0.25, -0.2) is 0 Å². The fraction of sp³-hybridized carbons (Fsp3) is 0.312. The summed E-state index contributed by atoms with van der Waals surface area (Å²) >= 11 is 0. The van der Waals surface area contributed by atoms with Crippen LogP contribution in [0.15, 0.2) is 42.7 Å². The van der Waals surface area contributed by atoms with Crippen LogP contribution in [-0.4, -0.2) is 41.7 Å². The van der Waals surface area contributed by atoms with Crippen LogP contribution in [0, 0.1) is 0 Å². The van der Waals surface area contributed by atoms with Gasteiger partial charge < -0.3 is 16.0 Å². The molecule has 0 aliphatic carbocycles. The maximum atomic E-state index is 12.2. The van der Waals surface area contributed by atoms with E-state index in [2.05, 4.69) is 21.0 Å². The smallest absolute Gasteiger partial charge is 0.251 e. The van der Waals surface area contributed by atoms with Crippen LogP contribution in [-0.2, 0) is 11.8 Å². The van der Waals surface area contributed by atoms with E-state index in [1.54, 1.807) is 43.3 Å². The third kappa shape index (κ3) is 4.65. The van der Waals surface area contributed by atoms with Gasteiger partial charge in [-0.05, 0) is 19.2 Å². The first-order valence-electron chi connectivity index (χ1n) is 7.38. The summed E-state index contributed by atoms with van der Waals surface area (Å²) in [7, 11) is 3.52. The summed E-state index contributed by atoms with van der Waals surface area (Å²) in [5, 5.41) is 12.6. The molecular formula is C16H21N5O2. The Bertz CT molecular complexity index is 654. The van der Waals surface area contributed by atoms with Gasteiger partial charge >= 0.3 is 0 Å². The standard InChI is InChI=1S/C16H21N5O2/c1-17-14(13-10-20-21(2)11-13)16(23)19-9-8-18-15(22)12-6-4-3-5-7-12/h3-7,10-11,14,17H,8-9H2,1-2H3,(H,18,22)(H,19,23). The van der Waals surface area contributed by atoms with Gasteiger partial charge in [0.2, 0.25) is 5.91 Å². The first-order valence-corrected chi connectivity index (χ1v) is 7.38. The van der Waals surface area contributed by atoms with Crippen molar-refractivity contribution in [3.8, 4) is 0 Å². The molecule has 0 saturated heterocycles. The highest BCUT2D eigenvalue weighted by Gasteiger charge is 2.19. The molecule has 0 bridgehead atoms. The largest absolute Gasteiger partial charge is 0.353 e. The highest BCUT2D eigenvalue weighted by atomic mass is 16.2. The quantitative estimate of drug-likeness (QED) is 0.638. The summed E-state index contributed by atoms with van der Waals surface area (Å²) in [6.45, 7) is 0.721. The van der Waals surface area contributed by atoms with Gasteiger partial charge in [0.25, 0.3) is 5.91 Å². The molecule has 1 atom stereocenters. The lowest BCUT2D eigenvalue weighted by Crippen LogP contribution is -2.40. The second kappa shape index (κ2) is 8.09. The van der Waals surface area contributed by atoms with E-state index in [1.165, 1.54) is 0 Å². The number of amides is 2. The van der Waals surface area contributed by atoms with Crippen LogP contribution in [0.1, 0.15) is 22.0 Å². The zero-order valence-electron chi connectivity index (χ0n) is 13.2. The highest BCUT2D eigenvalue weighted by Crippen LogP contribution is 2.10. The van der Waals surface area contributed by atoms with Gasteiger partial charge in [0.1, 0.15) is 6.04 Å². The molecule has 3 N–H and O–H groups in total. The van der Waals surface area contributed by atoms with E-state index in [0.717, 1.165) is 5.56 Å². The number of nitrogens with one attached hydrogen (secondary N) is 3. The molecule has 2 aromatic rings. The number of aryl methyl sites for hydroxylation is 1. The number of hydrogen-bond donors (Lipinski definition) is 3. The molecule has 2 rings (SSSR count). The molecule has 0 fully saturated rings. The van der Waals surface area contributed by atoms with Gasteiger partial charge in [-0.3, -0.25) is 14.3 Å². The summed E-state index contributed by atoms with van der Waals surface area (Å²) in [6, 6.07) is 8.49. The van der Waals surface area contributed by atoms with Crippen LogP contribution >= 0.6 is 0 Å². The second-order valence-electron chi connectivity index (χ2n) is 5.08. The Hall–Kier alpha value is -2.67. The monoisotopic (exact) mass is 315 g/mol. The number of hydrogen-bond acceptors (Lipinski definition) is 4. The molecule has 1 unspecified atom stereocenters. The van der Waals surface area contributed by atoms with Crippen molar-refractivity contribution in [2.45, 2.75) is 6.04 Å². The second-order valence-corrected chi connectivity index (χ2v) is 5.08. The van der Waals surface area contributed by atoms with E-state index in [1.807, 2.05) is 18.2 Å². The van der Waals surface area contributed by atoms with Crippen molar-refractivity contribution in [1.29, 1.82) is 0 Å². The van der Waals surface area contributed by atoms with E-state index in [9.17, 15) is 9.59 Å². The lowest BCUT2D eigenvalue weighted by molar-refractivity contribution is -0.123.